The highest BCUT2D eigenvalue weighted by atomic mass is 127. The van der Waals surface area contributed by atoms with Crippen LogP contribution in [-0.4, -0.2) is 29.9 Å². The number of amides is 1. The predicted octanol–water partition coefficient (Wildman–Crippen LogP) is 2.02. The summed E-state index contributed by atoms with van der Waals surface area (Å²) in [6.45, 7) is 5.56. The van der Waals surface area contributed by atoms with Crippen LogP contribution < -0.4 is 5.73 Å². The lowest BCUT2D eigenvalue weighted by Gasteiger charge is -2.17. The molecule has 0 aromatic heterocycles. The summed E-state index contributed by atoms with van der Waals surface area (Å²) in [4.78, 5) is 14.2. The molecule has 1 fully saturated rings. The van der Waals surface area contributed by atoms with E-state index in [0.717, 1.165) is 21.2 Å². The molecule has 0 bridgehead atoms. The second-order valence-electron chi connectivity index (χ2n) is 4.79. The second kappa shape index (κ2) is 4.94. The topological polar surface area (TPSA) is 46.3 Å². The lowest BCUT2D eigenvalue weighted by Crippen LogP contribution is -2.32. The van der Waals surface area contributed by atoms with Crippen molar-refractivity contribution < 1.29 is 4.79 Å². The molecule has 1 aromatic rings. The fraction of sp³-hybridized carbons (Fsp3) is 0.462. The van der Waals surface area contributed by atoms with E-state index >= 15 is 0 Å². The van der Waals surface area contributed by atoms with Crippen molar-refractivity contribution in [3.63, 3.8) is 0 Å². The Hall–Kier alpha value is -0.620. The van der Waals surface area contributed by atoms with Gasteiger partial charge in [0.05, 0.1) is 5.56 Å². The summed E-state index contributed by atoms with van der Waals surface area (Å²) in [5.74, 6) is 0.499. The number of hydrogen-bond acceptors (Lipinski definition) is 2. The normalized spacial score (nSPS) is 24.1. The van der Waals surface area contributed by atoms with Crippen LogP contribution in [0.25, 0.3) is 0 Å². The lowest BCUT2D eigenvalue weighted by molar-refractivity contribution is 0.0785. The Morgan fingerprint density at radius 2 is 2.18 bits per heavy atom. The van der Waals surface area contributed by atoms with E-state index in [1.165, 1.54) is 0 Å². The van der Waals surface area contributed by atoms with Crippen LogP contribution in [0, 0.1) is 16.4 Å². The number of carbonyl (C=O) groups is 1. The van der Waals surface area contributed by atoms with E-state index in [4.69, 9.17) is 5.73 Å². The number of likely N-dealkylation sites (tertiary alicyclic amines) is 1. The molecule has 2 unspecified atom stereocenters. The zero-order valence-electron chi connectivity index (χ0n) is 10.1. The quantitative estimate of drug-likeness (QED) is 0.793. The van der Waals surface area contributed by atoms with Crippen LogP contribution in [-0.2, 0) is 0 Å². The number of nitrogens with zero attached hydrogens (tertiary/aromatic N) is 1. The Bertz CT molecular complexity index is 437. The number of aryl methyl sites for hydroxylation is 1. The smallest absolute Gasteiger partial charge is 0.255 e. The van der Waals surface area contributed by atoms with Crippen molar-refractivity contribution >= 4 is 28.5 Å². The van der Waals surface area contributed by atoms with E-state index in [9.17, 15) is 4.79 Å². The summed E-state index contributed by atoms with van der Waals surface area (Å²) in [5, 5.41) is 0. The van der Waals surface area contributed by atoms with Crippen molar-refractivity contribution in [2.45, 2.75) is 19.9 Å². The molecule has 0 radical (unpaired) electrons. The average Bonchev–Trinajstić information content (AvgIpc) is 2.62. The van der Waals surface area contributed by atoms with E-state index in [1.54, 1.807) is 0 Å². The third-order valence-corrected chi connectivity index (χ3v) is 4.81. The van der Waals surface area contributed by atoms with Gasteiger partial charge in [-0.05, 0) is 47.1 Å². The molecule has 2 N–H and O–H groups in total. The molecule has 1 aromatic carbocycles. The highest BCUT2D eigenvalue weighted by Crippen LogP contribution is 2.22. The molecule has 1 heterocycles. The highest BCUT2D eigenvalue weighted by Gasteiger charge is 2.31. The maximum atomic E-state index is 12.4. The summed E-state index contributed by atoms with van der Waals surface area (Å²) < 4.78 is 1.04. The van der Waals surface area contributed by atoms with Gasteiger partial charge < -0.3 is 10.6 Å². The average molecular weight is 344 g/mol. The van der Waals surface area contributed by atoms with Gasteiger partial charge in [-0.25, -0.2) is 0 Å². The van der Waals surface area contributed by atoms with Crippen LogP contribution in [0.5, 0.6) is 0 Å². The number of rotatable bonds is 1. The van der Waals surface area contributed by atoms with E-state index in [0.29, 0.717) is 12.5 Å². The summed E-state index contributed by atoms with van der Waals surface area (Å²) in [7, 11) is 0. The van der Waals surface area contributed by atoms with E-state index < -0.39 is 0 Å². The Labute approximate surface area is 116 Å². The number of hydrogen-bond donors (Lipinski definition) is 1. The molecule has 1 amide bonds. The molecular weight excluding hydrogens is 327 g/mol. The molecule has 0 aliphatic carbocycles. The summed E-state index contributed by atoms with van der Waals surface area (Å²) in [6.07, 6.45) is 0. The minimum Gasteiger partial charge on any atom is -0.337 e. The van der Waals surface area contributed by atoms with Crippen molar-refractivity contribution in [1.29, 1.82) is 0 Å². The molecular formula is C13H17IN2O. The fourth-order valence-corrected chi connectivity index (χ4v) is 2.73. The van der Waals surface area contributed by atoms with Crippen LogP contribution in [0.15, 0.2) is 18.2 Å². The third kappa shape index (κ3) is 2.47. The van der Waals surface area contributed by atoms with Crippen molar-refractivity contribution in [3.8, 4) is 0 Å². The highest BCUT2D eigenvalue weighted by molar-refractivity contribution is 14.1. The number of carbonyl (C=O) groups excluding carboxylic acids is 1. The summed E-state index contributed by atoms with van der Waals surface area (Å²) in [5.41, 5.74) is 7.90. The first-order valence-electron chi connectivity index (χ1n) is 5.80. The first-order chi connectivity index (χ1) is 8.00. The van der Waals surface area contributed by atoms with Gasteiger partial charge >= 0.3 is 0 Å². The van der Waals surface area contributed by atoms with Crippen molar-refractivity contribution in [1.82, 2.24) is 4.90 Å². The summed E-state index contributed by atoms with van der Waals surface area (Å²) in [6, 6.07) is 5.97. The van der Waals surface area contributed by atoms with Gasteiger partial charge in [0.2, 0.25) is 0 Å². The lowest BCUT2D eigenvalue weighted by atomic mass is 10.1. The Morgan fingerprint density at radius 1 is 1.47 bits per heavy atom. The first-order valence-corrected chi connectivity index (χ1v) is 6.88. The maximum Gasteiger partial charge on any atom is 0.255 e. The number of halogens is 1. The minimum absolute atomic E-state index is 0.109. The van der Waals surface area contributed by atoms with Crippen LogP contribution in [0.3, 0.4) is 0 Å². The molecule has 2 rings (SSSR count). The standard InChI is InChI=1S/C13H17IN2O/c1-8-4-3-5-10(12(8)14)13(17)16-6-9(2)11(15)7-16/h3-5,9,11H,6-7,15H2,1-2H3. The predicted molar refractivity (Wildman–Crippen MR) is 76.9 cm³/mol. The monoisotopic (exact) mass is 344 g/mol. The number of benzene rings is 1. The molecule has 1 aliphatic heterocycles. The molecule has 0 saturated carbocycles. The zero-order chi connectivity index (χ0) is 12.6. The molecule has 2 atom stereocenters. The Kier molecular flexibility index (Phi) is 3.73. The van der Waals surface area contributed by atoms with Gasteiger partial charge in [0.1, 0.15) is 0 Å². The van der Waals surface area contributed by atoms with Crippen molar-refractivity contribution in [2.24, 2.45) is 11.7 Å². The third-order valence-electron chi connectivity index (χ3n) is 3.38. The van der Waals surface area contributed by atoms with E-state index in [2.05, 4.69) is 29.5 Å². The fourth-order valence-electron chi connectivity index (χ4n) is 2.14. The number of nitrogens with two attached hydrogens (primary N) is 1. The molecule has 92 valence electrons. The van der Waals surface area contributed by atoms with Crippen LogP contribution in [0.1, 0.15) is 22.8 Å². The van der Waals surface area contributed by atoms with Crippen LogP contribution >= 0.6 is 22.6 Å². The van der Waals surface area contributed by atoms with Gasteiger partial charge in [0, 0.05) is 22.7 Å². The molecule has 17 heavy (non-hydrogen) atoms. The van der Waals surface area contributed by atoms with Crippen LogP contribution in [0.4, 0.5) is 0 Å². The van der Waals surface area contributed by atoms with Crippen molar-refractivity contribution in [3.05, 3.63) is 32.9 Å². The SMILES string of the molecule is Cc1cccc(C(=O)N2CC(C)C(N)C2)c1I. The van der Waals surface area contributed by atoms with E-state index in [1.807, 2.05) is 30.0 Å². The van der Waals surface area contributed by atoms with E-state index in [-0.39, 0.29) is 11.9 Å². The second-order valence-corrected chi connectivity index (χ2v) is 5.87. The van der Waals surface area contributed by atoms with Gasteiger partial charge in [-0.3, -0.25) is 4.79 Å². The molecule has 1 saturated heterocycles. The van der Waals surface area contributed by atoms with Crippen LogP contribution in [0.2, 0.25) is 0 Å². The van der Waals surface area contributed by atoms with Gasteiger partial charge in [-0.2, -0.15) is 0 Å². The van der Waals surface area contributed by atoms with Gasteiger partial charge in [0.25, 0.3) is 5.91 Å². The van der Waals surface area contributed by atoms with Gasteiger partial charge in [-0.15, -0.1) is 0 Å². The first kappa shape index (κ1) is 12.8. The van der Waals surface area contributed by atoms with Gasteiger partial charge in [-0.1, -0.05) is 19.1 Å². The largest absolute Gasteiger partial charge is 0.337 e. The maximum absolute atomic E-state index is 12.4. The Morgan fingerprint density at radius 3 is 2.76 bits per heavy atom. The zero-order valence-corrected chi connectivity index (χ0v) is 12.3. The molecule has 1 aliphatic rings. The van der Waals surface area contributed by atoms with Crippen molar-refractivity contribution in [2.75, 3.05) is 13.1 Å². The molecule has 0 spiro atoms. The van der Waals surface area contributed by atoms with Gasteiger partial charge in [0.15, 0.2) is 0 Å². The Balaban J connectivity index is 2.24. The molecule has 4 heteroatoms. The minimum atomic E-state index is 0.109. The summed E-state index contributed by atoms with van der Waals surface area (Å²) >= 11 is 2.24. The molecule has 3 nitrogen and oxygen atoms in total.